The van der Waals surface area contributed by atoms with E-state index in [9.17, 15) is 48.6 Å². The maximum atomic E-state index is 12.9. The van der Waals surface area contributed by atoms with Crippen molar-refractivity contribution in [3.8, 4) is 0 Å². The number of amides is 1. The molecular weight excluding hydrogens is 623 g/mol. The Morgan fingerprint density at radius 1 is 0.872 bits per heavy atom. The summed E-state index contributed by atoms with van der Waals surface area (Å²) < 4.78 is 49.5. The molecule has 0 unspecified atom stereocenters. The molecule has 2 rings (SSSR count). The number of alkyl halides is 3. The van der Waals surface area contributed by atoms with Crippen LogP contribution in [0.4, 0.5) is 13.2 Å². The molecule has 7 N–H and O–H groups in total. The molecular formula is C34H56F3NO9. The number of hydrogen-bond donors (Lipinski definition) is 7. The van der Waals surface area contributed by atoms with Crippen molar-refractivity contribution in [1.82, 2.24) is 5.32 Å². The Kier molecular flexibility index (Phi) is 19.3. The minimum atomic E-state index is -4.48. The highest BCUT2D eigenvalue weighted by atomic mass is 19.4. The predicted molar refractivity (Wildman–Crippen MR) is 169 cm³/mol. The second-order valence-electron chi connectivity index (χ2n) is 12.6. The monoisotopic (exact) mass is 679 g/mol. The molecule has 0 aliphatic carbocycles. The minimum Gasteiger partial charge on any atom is -0.394 e. The number of carbonyl (C=O) groups excluding carboxylic acids is 1. The van der Waals surface area contributed by atoms with Gasteiger partial charge in [0, 0.05) is 6.42 Å². The zero-order chi connectivity index (χ0) is 34.8. The van der Waals surface area contributed by atoms with Crippen molar-refractivity contribution >= 4 is 5.91 Å². The van der Waals surface area contributed by atoms with E-state index in [1.807, 2.05) is 0 Å². The lowest BCUT2D eigenvalue weighted by Gasteiger charge is -2.40. The van der Waals surface area contributed by atoms with Crippen molar-refractivity contribution in [3.63, 3.8) is 0 Å². The molecule has 10 nitrogen and oxygen atoms in total. The van der Waals surface area contributed by atoms with Gasteiger partial charge in [-0.05, 0) is 30.5 Å². The Labute approximate surface area is 276 Å². The molecule has 0 spiro atoms. The number of rotatable bonds is 23. The van der Waals surface area contributed by atoms with Gasteiger partial charge in [0.05, 0.1) is 30.9 Å². The van der Waals surface area contributed by atoms with E-state index in [0.717, 1.165) is 37.8 Å². The Balaban J connectivity index is 1.89. The first-order valence-corrected chi connectivity index (χ1v) is 17.1. The molecule has 1 aromatic rings. The van der Waals surface area contributed by atoms with Gasteiger partial charge in [0.25, 0.3) is 0 Å². The lowest BCUT2D eigenvalue weighted by atomic mass is 9.98. The number of ether oxygens (including phenoxy) is 2. The molecule has 1 aliphatic heterocycles. The smallest absolute Gasteiger partial charge is 0.394 e. The van der Waals surface area contributed by atoms with Crippen LogP contribution >= 0.6 is 0 Å². The molecule has 47 heavy (non-hydrogen) atoms. The molecule has 0 saturated carbocycles. The van der Waals surface area contributed by atoms with E-state index >= 15 is 0 Å². The van der Waals surface area contributed by atoms with Gasteiger partial charge >= 0.3 is 6.18 Å². The lowest BCUT2D eigenvalue weighted by Crippen LogP contribution is -2.60. The molecule has 8 atom stereocenters. The number of hydrogen-bond acceptors (Lipinski definition) is 9. The summed E-state index contributed by atoms with van der Waals surface area (Å²) in [6.45, 7) is 1.07. The number of aliphatic hydroxyl groups is 6. The normalized spacial score (nSPS) is 23.7. The van der Waals surface area contributed by atoms with Crippen LogP contribution in [0.15, 0.2) is 24.3 Å². The van der Waals surface area contributed by atoms with Crippen LogP contribution in [-0.4, -0.2) is 98.7 Å². The van der Waals surface area contributed by atoms with Crippen LogP contribution in [0, 0.1) is 0 Å². The first kappa shape index (κ1) is 41.3. The molecule has 1 aromatic carbocycles. The largest absolute Gasteiger partial charge is 0.416 e. The molecule has 0 radical (unpaired) electrons. The van der Waals surface area contributed by atoms with Crippen LogP contribution in [0.2, 0.25) is 0 Å². The average Bonchev–Trinajstić information content (AvgIpc) is 3.05. The van der Waals surface area contributed by atoms with Crippen molar-refractivity contribution in [2.24, 2.45) is 0 Å². The highest BCUT2D eigenvalue weighted by molar-refractivity contribution is 5.76. The zero-order valence-electron chi connectivity index (χ0n) is 27.5. The fourth-order valence-corrected chi connectivity index (χ4v) is 5.66. The molecule has 1 saturated heterocycles. The van der Waals surface area contributed by atoms with E-state index in [-0.39, 0.29) is 19.3 Å². The Morgan fingerprint density at radius 2 is 1.43 bits per heavy atom. The van der Waals surface area contributed by atoms with Gasteiger partial charge in [0.1, 0.15) is 30.5 Å². The topological polar surface area (TPSA) is 169 Å². The van der Waals surface area contributed by atoms with Gasteiger partial charge in [-0.3, -0.25) is 4.79 Å². The van der Waals surface area contributed by atoms with Crippen LogP contribution in [0.25, 0.3) is 0 Å². The van der Waals surface area contributed by atoms with E-state index in [4.69, 9.17) is 9.47 Å². The summed E-state index contributed by atoms with van der Waals surface area (Å²) in [5, 5.41) is 64.2. The van der Waals surface area contributed by atoms with E-state index in [1.54, 1.807) is 0 Å². The Hall–Kier alpha value is -1.84. The first-order chi connectivity index (χ1) is 22.4. The number of aryl methyl sites for hydroxylation is 1. The van der Waals surface area contributed by atoms with Crippen LogP contribution < -0.4 is 5.32 Å². The van der Waals surface area contributed by atoms with Crippen LogP contribution in [0.1, 0.15) is 108 Å². The lowest BCUT2D eigenvalue weighted by molar-refractivity contribution is -0.303. The maximum Gasteiger partial charge on any atom is 0.416 e. The van der Waals surface area contributed by atoms with Crippen molar-refractivity contribution in [2.75, 3.05) is 13.2 Å². The zero-order valence-corrected chi connectivity index (χ0v) is 27.5. The van der Waals surface area contributed by atoms with E-state index < -0.39 is 79.8 Å². The molecule has 13 heteroatoms. The van der Waals surface area contributed by atoms with Gasteiger partial charge < -0.3 is 45.4 Å². The van der Waals surface area contributed by atoms with Gasteiger partial charge in [-0.25, -0.2) is 0 Å². The predicted octanol–water partition coefficient (Wildman–Crippen LogP) is 3.75. The third kappa shape index (κ3) is 15.1. The summed E-state index contributed by atoms with van der Waals surface area (Å²) in [6, 6.07) is 3.24. The number of nitrogens with one attached hydrogen (secondary N) is 1. The number of unbranched alkanes of at least 4 members (excludes halogenated alkanes) is 11. The van der Waals surface area contributed by atoms with Crippen molar-refractivity contribution in [2.45, 2.75) is 158 Å². The summed E-state index contributed by atoms with van der Waals surface area (Å²) >= 11 is 0. The molecule has 1 aliphatic rings. The molecule has 0 bridgehead atoms. The van der Waals surface area contributed by atoms with E-state index in [2.05, 4.69) is 12.2 Å². The summed E-state index contributed by atoms with van der Waals surface area (Å²) in [5.74, 6) is -0.566. The number of carbonyl (C=O) groups is 1. The molecule has 1 amide bonds. The van der Waals surface area contributed by atoms with Gasteiger partial charge in [-0.2, -0.15) is 13.2 Å². The minimum absolute atomic E-state index is 0.113. The van der Waals surface area contributed by atoms with Crippen molar-refractivity contribution in [1.29, 1.82) is 0 Å². The highest BCUT2D eigenvalue weighted by Crippen LogP contribution is 2.29. The summed E-state index contributed by atoms with van der Waals surface area (Å²) in [6.07, 6.45) is -1.04. The molecule has 1 heterocycles. The van der Waals surface area contributed by atoms with Gasteiger partial charge in [-0.15, -0.1) is 0 Å². The molecule has 272 valence electrons. The van der Waals surface area contributed by atoms with E-state index in [0.29, 0.717) is 12.0 Å². The van der Waals surface area contributed by atoms with Crippen molar-refractivity contribution in [3.05, 3.63) is 35.4 Å². The summed E-state index contributed by atoms with van der Waals surface area (Å²) in [5.41, 5.74) is -0.309. The van der Waals surface area contributed by atoms with Gasteiger partial charge in [0.2, 0.25) is 5.91 Å². The van der Waals surface area contributed by atoms with E-state index in [1.165, 1.54) is 57.1 Å². The van der Waals surface area contributed by atoms with Gasteiger partial charge in [-0.1, -0.05) is 96.1 Å². The Bertz CT molecular complexity index is 983. The standard InChI is InChI=1S/C34H56F3NO9/c1-2-3-4-5-6-7-8-9-10-11-12-13-14-26(40)29(42)25(22-46-33-32(45)31(44)30(43)27(21-39)47-33)38-28(41)20-17-23-15-18-24(19-16-23)34(35,36)37/h15-16,18-19,25-27,29-33,39-40,42-45H,2-14,17,20-22H2,1H3,(H,38,41)/t25-,26+,27+,29-,30-,31-,32+,33-/m0/s1. The summed E-state index contributed by atoms with van der Waals surface area (Å²) in [4.78, 5) is 12.8. The van der Waals surface area contributed by atoms with Crippen LogP contribution in [-0.2, 0) is 26.9 Å². The number of benzene rings is 1. The van der Waals surface area contributed by atoms with Crippen LogP contribution in [0.3, 0.4) is 0 Å². The highest BCUT2D eigenvalue weighted by Gasteiger charge is 2.44. The second kappa shape index (κ2) is 22.0. The molecule has 0 aromatic heterocycles. The molecule has 1 fully saturated rings. The third-order valence-electron chi connectivity index (χ3n) is 8.72. The second-order valence-corrected chi connectivity index (χ2v) is 12.6. The summed E-state index contributed by atoms with van der Waals surface area (Å²) in [7, 11) is 0. The fourth-order valence-electron chi connectivity index (χ4n) is 5.66. The first-order valence-electron chi connectivity index (χ1n) is 17.1. The fraction of sp³-hybridized carbons (Fsp3) is 0.794. The maximum absolute atomic E-state index is 12.9. The third-order valence-corrected chi connectivity index (χ3v) is 8.72. The van der Waals surface area contributed by atoms with Gasteiger partial charge in [0.15, 0.2) is 6.29 Å². The average molecular weight is 680 g/mol. The number of aliphatic hydroxyl groups excluding tert-OH is 6. The van der Waals surface area contributed by atoms with Crippen LogP contribution in [0.5, 0.6) is 0 Å². The SMILES string of the molecule is CCCCCCCCCCCCCC[C@@H](O)[C@@H](O)[C@H](CO[C@H]1O[C@H](CO)[C@H](O)[C@H](O)[C@H]1O)NC(=O)CCc1ccc(C(F)(F)F)cc1. The van der Waals surface area contributed by atoms with Crippen molar-refractivity contribution < 1.29 is 58.1 Å². The Morgan fingerprint density at radius 3 is 1.96 bits per heavy atom. The number of halogens is 3. The quantitative estimate of drug-likeness (QED) is 0.0852.